The van der Waals surface area contributed by atoms with Gasteiger partial charge in [0.2, 0.25) is 11.8 Å². The van der Waals surface area contributed by atoms with Crippen molar-refractivity contribution in [3.05, 3.63) is 47.8 Å². The second kappa shape index (κ2) is 6.34. The van der Waals surface area contributed by atoms with Crippen molar-refractivity contribution in [3.63, 3.8) is 0 Å². The van der Waals surface area contributed by atoms with Crippen molar-refractivity contribution in [2.45, 2.75) is 19.4 Å². The van der Waals surface area contributed by atoms with E-state index in [-0.39, 0.29) is 41.0 Å². The molecule has 6 nitrogen and oxygen atoms in total. The number of halogens is 1. The molecule has 6 rings (SSSR count). The molecule has 3 fully saturated rings. The van der Waals surface area contributed by atoms with E-state index >= 15 is 0 Å². The Balaban J connectivity index is 1.26. The van der Waals surface area contributed by atoms with E-state index < -0.39 is 30.2 Å². The fourth-order valence-electron chi connectivity index (χ4n) is 5.44. The Labute approximate surface area is 166 Å². The van der Waals surface area contributed by atoms with E-state index in [4.69, 9.17) is 4.74 Å². The number of carbonyl (C=O) groups excluding carboxylic acids is 4. The number of likely N-dealkylation sites (tertiary alicyclic amines) is 1. The van der Waals surface area contributed by atoms with E-state index in [2.05, 4.69) is 12.2 Å². The van der Waals surface area contributed by atoms with E-state index in [1.54, 1.807) is 0 Å². The van der Waals surface area contributed by atoms with Crippen LogP contribution in [0.5, 0.6) is 0 Å². The normalized spacial score (nSPS) is 34.6. The smallest absolute Gasteiger partial charge is 0.329 e. The molecule has 2 bridgehead atoms. The minimum atomic E-state index is -1.09. The summed E-state index contributed by atoms with van der Waals surface area (Å²) < 4.78 is 18.0. The van der Waals surface area contributed by atoms with E-state index in [9.17, 15) is 23.6 Å². The molecule has 1 saturated heterocycles. The molecule has 7 atom stereocenters. The number of esters is 1. The van der Waals surface area contributed by atoms with Crippen LogP contribution in [0.1, 0.15) is 23.7 Å². The van der Waals surface area contributed by atoms with Crippen LogP contribution in [-0.2, 0) is 19.1 Å². The first-order chi connectivity index (χ1) is 13.9. The summed E-state index contributed by atoms with van der Waals surface area (Å²) in [6, 6.07) is 3.82. The number of rotatable bonds is 5. The van der Waals surface area contributed by atoms with Crippen LogP contribution in [0.4, 0.5) is 4.39 Å². The SMILES string of the molecule is C[C@H](C(=O)OCC(=O)c1ccc(F)cc1)N1C(=O)[C@@H]2[C@@H]3C=C[C@H]([C@H]4C[C@H]34)[C@@H]2C1=O. The van der Waals surface area contributed by atoms with Gasteiger partial charge < -0.3 is 4.74 Å². The number of benzene rings is 1. The first kappa shape index (κ1) is 18.2. The van der Waals surface area contributed by atoms with Crippen LogP contribution < -0.4 is 0 Å². The summed E-state index contributed by atoms with van der Waals surface area (Å²) in [5.41, 5.74) is 0.216. The zero-order chi connectivity index (χ0) is 20.4. The van der Waals surface area contributed by atoms with Crippen molar-refractivity contribution in [2.24, 2.45) is 35.5 Å². The molecule has 150 valence electrons. The average Bonchev–Trinajstić information content (AvgIpc) is 3.49. The number of hydrogen-bond acceptors (Lipinski definition) is 5. The molecule has 5 aliphatic rings. The highest BCUT2D eigenvalue weighted by Crippen LogP contribution is 2.65. The molecule has 1 aromatic rings. The fourth-order valence-corrected chi connectivity index (χ4v) is 5.44. The molecule has 0 radical (unpaired) electrons. The topological polar surface area (TPSA) is 80.8 Å². The molecule has 0 unspecified atom stereocenters. The molecule has 1 aromatic carbocycles. The maximum atomic E-state index is 13.0. The predicted molar refractivity (Wildman–Crippen MR) is 97.7 cm³/mol. The van der Waals surface area contributed by atoms with Crippen LogP contribution in [0.3, 0.4) is 0 Å². The number of hydrogen-bond donors (Lipinski definition) is 0. The van der Waals surface area contributed by atoms with Crippen molar-refractivity contribution in [2.75, 3.05) is 6.61 Å². The van der Waals surface area contributed by atoms with Crippen LogP contribution in [0.25, 0.3) is 0 Å². The lowest BCUT2D eigenvalue weighted by molar-refractivity contribution is -0.157. The van der Waals surface area contributed by atoms with Crippen molar-refractivity contribution in [1.82, 2.24) is 4.90 Å². The Morgan fingerprint density at radius 1 is 1.07 bits per heavy atom. The average molecular weight is 397 g/mol. The van der Waals surface area contributed by atoms with Crippen molar-refractivity contribution in [1.29, 1.82) is 0 Å². The number of imide groups is 1. The van der Waals surface area contributed by atoms with Gasteiger partial charge in [0.1, 0.15) is 11.9 Å². The molecule has 2 amide bonds. The third-order valence-corrected chi connectivity index (χ3v) is 6.94. The summed E-state index contributed by atoms with van der Waals surface area (Å²) in [6.45, 7) is 0.919. The van der Waals surface area contributed by atoms with Gasteiger partial charge in [0.15, 0.2) is 12.4 Å². The number of ether oxygens (including phenoxy) is 1. The Morgan fingerprint density at radius 3 is 2.17 bits per heavy atom. The fraction of sp³-hybridized carbons (Fsp3) is 0.455. The Bertz CT molecular complexity index is 918. The molecule has 2 saturated carbocycles. The summed E-state index contributed by atoms with van der Waals surface area (Å²) in [5.74, 6) is -1.99. The largest absolute Gasteiger partial charge is 0.456 e. The molecule has 1 aliphatic heterocycles. The number of ketones is 1. The van der Waals surface area contributed by atoms with Gasteiger partial charge in [-0.3, -0.25) is 19.3 Å². The Kier molecular flexibility index (Phi) is 3.98. The van der Waals surface area contributed by atoms with E-state index in [1.807, 2.05) is 0 Å². The van der Waals surface area contributed by atoms with Gasteiger partial charge in [0.25, 0.3) is 0 Å². The minimum absolute atomic E-state index is 0.0831. The first-order valence-electron chi connectivity index (χ1n) is 9.89. The summed E-state index contributed by atoms with van der Waals surface area (Å²) in [5, 5.41) is 0. The zero-order valence-corrected chi connectivity index (χ0v) is 15.8. The van der Waals surface area contributed by atoms with Crippen LogP contribution in [0.2, 0.25) is 0 Å². The number of amides is 2. The van der Waals surface area contributed by atoms with Gasteiger partial charge in [-0.1, -0.05) is 12.2 Å². The molecular formula is C22H20FNO5. The number of carbonyl (C=O) groups is 4. The third kappa shape index (κ3) is 2.67. The number of allylic oxidation sites excluding steroid dienone is 2. The Hall–Kier alpha value is -2.83. The van der Waals surface area contributed by atoms with Gasteiger partial charge in [-0.2, -0.15) is 0 Å². The molecule has 0 N–H and O–H groups in total. The maximum Gasteiger partial charge on any atom is 0.329 e. The lowest BCUT2D eigenvalue weighted by Crippen LogP contribution is -2.45. The van der Waals surface area contributed by atoms with Gasteiger partial charge in [-0.25, -0.2) is 9.18 Å². The standard InChI is InChI=1S/C22H20FNO5/c1-10(22(28)29-9-17(25)11-2-4-12(23)5-3-11)24-20(26)18-13-6-7-14(16-8-15(13)16)19(18)21(24)27/h2-7,10,13-16,18-19H,8-9H2,1H3/t10-,13-,14-,15-,16-,18-,19+/m1/s1. The van der Waals surface area contributed by atoms with Gasteiger partial charge in [-0.15, -0.1) is 0 Å². The molecule has 1 heterocycles. The maximum absolute atomic E-state index is 13.0. The van der Waals surface area contributed by atoms with Crippen LogP contribution >= 0.6 is 0 Å². The molecule has 29 heavy (non-hydrogen) atoms. The van der Waals surface area contributed by atoms with Crippen LogP contribution in [0, 0.1) is 41.3 Å². The van der Waals surface area contributed by atoms with Gasteiger partial charge in [0.05, 0.1) is 11.8 Å². The monoisotopic (exact) mass is 397 g/mol. The zero-order valence-electron chi connectivity index (χ0n) is 15.8. The highest BCUT2D eigenvalue weighted by molar-refractivity contribution is 6.09. The second-order valence-electron chi connectivity index (χ2n) is 8.41. The molecular weight excluding hydrogens is 377 g/mol. The van der Waals surface area contributed by atoms with Crippen molar-refractivity contribution in [3.8, 4) is 0 Å². The quantitative estimate of drug-likeness (QED) is 0.329. The van der Waals surface area contributed by atoms with Crippen molar-refractivity contribution < 1.29 is 28.3 Å². The lowest BCUT2D eigenvalue weighted by Gasteiger charge is -2.37. The predicted octanol–water partition coefficient (Wildman–Crippen LogP) is 1.99. The van der Waals surface area contributed by atoms with E-state index in [0.717, 1.165) is 23.5 Å². The molecule has 7 heteroatoms. The lowest BCUT2D eigenvalue weighted by atomic mass is 9.63. The van der Waals surface area contributed by atoms with Gasteiger partial charge >= 0.3 is 5.97 Å². The molecule has 4 aliphatic carbocycles. The minimum Gasteiger partial charge on any atom is -0.456 e. The summed E-state index contributed by atoms with van der Waals surface area (Å²) in [7, 11) is 0. The summed E-state index contributed by atoms with van der Waals surface area (Å²) >= 11 is 0. The molecule has 0 aromatic heterocycles. The first-order valence-corrected chi connectivity index (χ1v) is 9.89. The third-order valence-electron chi connectivity index (χ3n) is 6.94. The Morgan fingerprint density at radius 2 is 1.62 bits per heavy atom. The highest BCUT2D eigenvalue weighted by Gasteiger charge is 2.67. The summed E-state index contributed by atoms with van der Waals surface area (Å²) in [6.07, 6.45) is 5.21. The number of nitrogens with zero attached hydrogens (tertiary/aromatic N) is 1. The van der Waals surface area contributed by atoms with Crippen LogP contribution in [-0.4, -0.2) is 41.1 Å². The van der Waals surface area contributed by atoms with Crippen molar-refractivity contribution >= 4 is 23.6 Å². The van der Waals surface area contributed by atoms with Crippen LogP contribution in [0.15, 0.2) is 36.4 Å². The van der Waals surface area contributed by atoms with Gasteiger partial charge in [0, 0.05) is 5.56 Å². The second-order valence-corrected chi connectivity index (χ2v) is 8.41. The summed E-state index contributed by atoms with van der Waals surface area (Å²) in [4.78, 5) is 51.6. The highest BCUT2D eigenvalue weighted by atomic mass is 19.1. The molecule has 0 spiro atoms. The van der Waals surface area contributed by atoms with E-state index in [1.165, 1.54) is 19.1 Å². The number of Topliss-reactive ketones (excluding diaryl/α,β-unsaturated/α-hetero) is 1. The van der Waals surface area contributed by atoms with E-state index in [0.29, 0.717) is 11.8 Å². The van der Waals surface area contributed by atoms with Gasteiger partial charge in [-0.05, 0) is 61.3 Å².